The van der Waals surface area contributed by atoms with Gasteiger partial charge < -0.3 is 10.2 Å². The van der Waals surface area contributed by atoms with Gasteiger partial charge in [0.1, 0.15) is 15.9 Å². The van der Waals surface area contributed by atoms with Crippen molar-refractivity contribution in [3.8, 4) is 0 Å². The zero-order valence-electron chi connectivity index (χ0n) is 19.3. The third-order valence-corrected chi connectivity index (χ3v) is 8.50. The Morgan fingerprint density at radius 3 is 2.56 bits per heavy atom. The maximum Gasteiger partial charge on any atom is 0.242 e. The number of sulfonamides is 1. The number of rotatable bonds is 10. The molecular formula is C24H31N5O3S2. The van der Waals surface area contributed by atoms with E-state index >= 15 is 0 Å². The van der Waals surface area contributed by atoms with Crippen molar-refractivity contribution in [2.45, 2.75) is 37.5 Å². The van der Waals surface area contributed by atoms with E-state index in [1.165, 1.54) is 0 Å². The van der Waals surface area contributed by atoms with E-state index in [0.29, 0.717) is 24.1 Å². The monoisotopic (exact) mass is 501 g/mol. The molecule has 2 aromatic carbocycles. The summed E-state index contributed by atoms with van der Waals surface area (Å²) >= 11 is 1.01. The highest BCUT2D eigenvalue weighted by Gasteiger charge is 2.28. The van der Waals surface area contributed by atoms with Crippen molar-refractivity contribution in [3.05, 3.63) is 48.5 Å². The molecule has 3 aromatic rings. The molecule has 182 valence electrons. The van der Waals surface area contributed by atoms with Crippen LogP contribution in [-0.4, -0.2) is 49.3 Å². The highest BCUT2D eigenvalue weighted by atomic mass is 32.2. The number of aromatic nitrogens is 2. The predicted molar refractivity (Wildman–Crippen MR) is 135 cm³/mol. The van der Waals surface area contributed by atoms with Crippen molar-refractivity contribution in [2.24, 2.45) is 11.8 Å². The Morgan fingerprint density at radius 1 is 1.06 bits per heavy atom. The lowest BCUT2D eigenvalue weighted by Crippen LogP contribution is -2.39. The molecule has 0 atom stereocenters. The van der Waals surface area contributed by atoms with Gasteiger partial charge in [-0.25, -0.2) is 13.1 Å². The van der Waals surface area contributed by atoms with Crippen molar-refractivity contribution < 1.29 is 13.2 Å². The second-order valence-electron chi connectivity index (χ2n) is 8.66. The second-order valence-corrected chi connectivity index (χ2v) is 10.9. The van der Waals surface area contributed by atoms with E-state index in [1.807, 2.05) is 18.2 Å². The van der Waals surface area contributed by atoms with Gasteiger partial charge in [0.15, 0.2) is 0 Å². The van der Waals surface area contributed by atoms with Crippen LogP contribution < -0.4 is 14.9 Å². The van der Waals surface area contributed by atoms with Gasteiger partial charge in [0.05, 0.1) is 11.7 Å². The van der Waals surface area contributed by atoms with Gasteiger partial charge in [-0.05, 0) is 62.8 Å². The first-order valence-electron chi connectivity index (χ1n) is 11.8. The SMILES string of the molecule is CCN(CCNC(=O)C1CCC(CNS(=O)(=O)c2cccc3nsnc23)CC1)c1ccccc1. The molecule has 1 amide bonds. The first kappa shape index (κ1) is 24.6. The number of nitrogens with one attached hydrogen (secondary N) is 2. The third kappa shape index (κ3) is 5.92. The largest absolute Gasteiger partial charge is 0.370 e. The molecular weight excluding hydrogens is 470 g/mol. The summed E-state index contributed by atoms with van der Waals surface area (Å²) in [6.07, 6.45) is 3.21. The van der Waals surface area contributed by atoms with E-state index < -0.39 is 10.0 Å². The average molecular weight is 502 g/mol. The predicted octanol–water partition coefficient (Wildman–Crippen LogP) is 3.42. The second kappa shape index (κ2) is 11.2. The molecule has 1 aliphatic rings. The van der Waals surface area contributed by atoms with E-state index in [-0.39, 0.29) is 22.6 Å². The number of benzene rings is 2. The zero-order chi connectivity index (χ0) is 24.0. The van der Waals surface area contributed by atoms with E-state index in [9.17, 15) is 13.2 Å². The molecule has 0 radical (unpaired) electrons. The Labute approximate surface area is 205 Å². The van der Waals surface area contributed by atoms with E-state index in [2.05, 4.69) is 42.7 Å². The molecule has 1 aliphatic carbocycles. The van der Waals surface area contributed by atoms with Crippen molar-refractivity contribution in [1.82, 2.24) is 18.8 Å². The van der Waals surface area contributed by atoms with Crippen LogP contribution >= 0.6 is 11.7 Å². The molecule has 1 heterocycles. The highest BCUT2D eigenvalue weighted by molar-refractivity contribution is 7.89. The molecule has 0 bridgehead atoms. The molecule has 0 aliphatic heterocycles. The third-order valence-electron chi connectivity index (χ3n) is 6.50. The molecule has 8 nitrogen and oxygen atoms in total. The normalized spacial score (nSPS) is 18.6. The standard InChI is InChI=1S/C24H31N5O3S2/c1-2-29(20-7-4-3-5-8-20)16-15-25-24(30)19-13-11-18(12-14-19)17-26-34(31,32)22-10-6-9-21-23(22)28-33-27-21/h3-10,18-19,26H,2,11-17H2,1H3,(H,25,30). The Bertz CT molecular complexity index is 1190. The van der Waals surface area contributed by atoms with Gasteiger partial charge in [-0.1, -0.05) is 24.3 Å². The summed E-state index contributed by atoms with van der Waals surface area (Å²) in [5.74, 6) is 0.320. The maximum absolute atomic E-state index is 12.8. The maximum atomic E-state index is 12.8. The Morgan fingerprint density at radius 2 is 1.82 bits per heavy atom. The van der Waals surface area contributed by atoms with Gasteiger partial charge in [-0.2, -0.15) is 8.75 Å². The molecule has 0 unspecified atom stereocenters. The summed E-state index contributed by atoms with van der Waals surface area (Å²) < 4.78 is 36.6. The van der Waals surface area contributed by atoms with Crippen molar-refractivity contribution in [2.75, 3.05) is 31.1 Å². The number of likely N-dealkylation sites (N-methyl/N-ethyl adjacent to an activating group) is 1. The smallest absolute Gasteiger partial charge is 0.242 e. The van der Waals surface area contributed by atoms with Crippen LogP contribution in [0.1, 0.15) is 32.6 Å². The quantitative estimate of drug-likeness (QED) is 0.441. The minimum Gasteiger partial charge on any atom is -0.370 e. The number of para-hydroxylation sites is 1. The number of carbonyl (C=O) groups is 1. The van der Waals surface area contributed by atoms with Crippen LogP contribution in [0.4, 0.5) is 5.69 Å². The van der Waals surface area contributed by atoms with Crippen LogP contribution in [0.25, 0.3) is 11.0 Å². The van der Waals surface area contributed by atoms with E-state index in [4.69, 9.17) is 0 Å². The minimum absolute atomic E-state index is 0.00510. The number of fused-ring (bicyclic) bond motifs is 1. The molecule has 0 spiro atoms. The van der Waals surface area contributed by atoms with Crippen LogP contribution in [0.2, 0.25) is 0 Å². The van der Waals surface area contributed by atoms with E-state index in [1.54, 1.807) is 18.2 Å². The van der Waals surface area contributed by atoms with Crippen molar-refractivity contribution >= 4 is 44.4 Å². The highest BCUT2D eigenvalue weighted by Crippen LogP contribution is 2.29. The average Bonchev–Trinajstić information content (AvgIpc) is 3.35. The summed E-state index contributed by atoms with van der Waals surface area (Å²) in [6.45, 7) is 4.74. The molecule has 4 rings (SSSR count). The molecule has 0 saturated heterocycles. The summed E-state index contributed by atoms with van der Waals surface area (Å²) in [5, 5.41) is 3.09. The fourth-order valence-corrected chi connectivity index (χ4v) is 6.38. The van der Waals surface area contributed by atoms with Crippen LogP contribution in [0.3, 0.4) is 0 Å². The molecule has 1 aromatic heterocycles. The van der Waals surface area contributed by atoms with Crippen LogP contribution in [-0.2, 0) is 14.8 Å². The van der Waals surface area contributed by atoms with Crippen LogP contribution in [0.15, 0.2) is 53.4 Å². The lowest BCUT2D eigenvalue weighted by molar-refractivity contribution is -0.126. The number of amides is 1. The topological polar surface area (TPSA) is 104 Å². The first-order chi connectivity index (χ1) is 16.5. The van der Waals surface area contributed by atoms with Crippen LogP contribution in [0, 0.1) is 11.8 Å². The number of hydrogen-bond donors (Lipinski definition) is 2. The van der Waals surface area contributed by atoms with Gasteiger partial charge in [-0.3, -0.25) is 4.79 Å². The fourth-order valence-electron chi connectivity index (χ4n) is 4.50. The first-order valence-corrected chi connectivity index (χ1v) is 14.0. The minimum atomic E-state index is -3.66. The summed E-state index contributed by atoms with van der Waals surface area (Å²) in [5.41, 5.74) is 2.16. The molecule has 2 N–H and O–H groups in total. The lowest BCUT2D eigenvalue weighted by Gasteiger charge is -2.28. The van der Waals surface area contributed by atoms with Crippen molar-refractivity contribution in [1.29, 1.82) is 0 Å². The number of carbonyl (C=O) groups excluding carboxylic acids is 1. The van der Waals surface area contributed by atoms with Gasteiger partial charge in [0.2, 0.25) is 15.9 Å². The Balaban J connectivity index is 1.21. The Hall–Kier alpha value is -2.56. The lowest BCUT2D eigenvalue weighted by atomic mass is 9.81. The Kier molecular flexibility index (Phi) is 8.12. The van der Waals surface area contributed by atoms with Crippen LogP contribution in [0.5, 0.6) is 0 Å². The molecule has 10 heteroatoms. The molecule has 1 fully saturated rings. The summed E-state index contributed by atoms with van der Waals surface area (Å²) in [4.78, 5) is 15.1. The van der Waals surface area contributed by atoms with Gasteiger partial charge in [-0.15, -0.1) is 0 Å². The zero-order valence-corrected chi connectivity index (χ0v) is 20.9. The fraction of sp³-hybridized carbons (Fsp3) is 0.458. The summed E-state index contributed by atoms with van der Waals surface area (Å²) in [7, 11) is -3.66. The van der Waals surface area contributed by atoms with Gasteiger partial charge in [0.25, 0.3) is 0 Å². The summed E-state index contributed by atoms with van der Waals surface area (Å²) in [6, 6.07) is 15.2. The number of hydrogen-bond acceptors (Lipinski definition) is 7. The number of anilines is 1. The van der Waals surface area contributed by atoms with Crippen molar-refractivity contribution in [3.63, 3.8) is 0 Å². The van der Waals surface area contributed by atoms with Gasteiger partial charge >= 0.3 is 0 Å². The van der Waals surface area contributed by atoms with E-state index in [0.717, 1.165) is 56.2 Å². The van der Waals surface area contributed by atoms with Gasteiger partial charge in [0, 0.05) is 37.8 Å². The molecule has 1 saturated carbocycles. The molecule has 34 heavy (non-hydrogen) atoms. The number of nitrogens with zero attached hydrogens (tertiary/aromatic N) is 3.